The molecular weight excluding hydrogens is 266 g/mol. The molecule has 1 aromatic rings. The van der Waals surface area contributed by atoms with E-state index in [0.29, 0.717) is 17.9 Å². The molecule has 1 amide bonds. The standard InChI is InChI=1S/C14H18ClNO3/c15-10-6-4-9(5-7-10)8-13(18)16-11-2-1-3-12(17)14(11)19/h4-7,11-12,14,17,19H,1-3,8H2,(H,16,18)/t11-,12-,14-/m1/s1. The average molecular weight is 284 g/mol. The third kappa shape index (κ3) is 3.93. The number of nitrogens with one attached hydrogen (secondary N) is 1. The quantitative estimate of drug-likeness (QED) is 0.782. The summed E-state index contributed by atoms with van der Waals surface area (Å²) in [6.45, 7) is 0. The van der Waals surface area contributed by atoms with Crippen molar-refractivity contribution in [3.63, 3.8) is 0 Å². The molecule has 1 aliphatic carbocycles. The van der Waals surface area contributed by atoms with E-state index in [1.807, 2.05) is 0 Å². The van der Waals surface area contributed by atoms with E-state index >= 15 is 0 Å². The zero-order chi connectivity index (χ0) is 13.8. The van der Waals surface area contributed by atoms with E-state index in [2.05, 4.69) is 5.32 Å². The van der Waals surface area contributed by atoms with E-state index in [0.717, 1.165) is 12.0 Å². The number of carbonyl (C=O) groups is 1. The minimum absolute atomic E-state index is 0.152. The highest BCUT2D eigenvalue weighted by Crippen LogP contribution is 2.19. The van der Waals surface area contributed by atoms with Crippen LogP contribution in [0.3, 0.4) is 0 Å². The minimum atomic E-state index is -0.872. The molecule has 19 heavy (non-hydrogen) atoms. The second-order valence-corrected chi connectivity index (χ2v) is 5.40. The van der Waals surface area contributed by atoms with Crippen molar-refractivity contribution in [3.8, 4) is 0 Å². The Kier molecular flexibility index (Phi) is 4.80. The highest BCUT2D eigenvalue weighted by molar-refractivity contribution is 6.30. The number of hydrogen-bond donors (Lipinski definition) is 3. The first-order valence-electron chi connectivity index (χ1n) is 6.46. The van der Waals surface area contributed by atoms with E-state index in [9.17, 15) is 15.0 Å². The number of rotatable bonds is 3. The van der Waals surface area contributed by atoms with Gasteiger partial charge in [-0.15, -0.1) is 0 Å². The van der Waals surface area contributed by atoms with Gasteiger partial charge in [-0.05, 0) is 37.0 Å². The first-order chi connectivity index (χ1) is 9.06. The lowest BCUT2D eigenvalue weighted by atomic mass is 9.90. The summed E-state index contributed by atoms with van der Waals surface area (Å²) in [5.41, 5.74) is 0.868. The van der Waals surface area contributed by atoms with Crippen molar-refractivity contribution >= 4 is 17.5 Å². The van der Waals surface area contributed by atoms with Gasteiger partial charge < -0.3 is 15.5 Å². The molecule has 1 fully saturated rings. The van der Waals surface area contributed by atoms with Gasteiger partial charge in [0.1, 0.15) is 0 Å². The summed E-state index contributed by atoms with van der Waals surface area (Å²) in [6, 6.07) is 6.72. The number of aliphatic hydroxyl groups excluding tert-OH is 2. The molecule has 1 aromatic carbocycles. The summed E-state index contributed by atoms with van der Waals surface area (Å²) >= 11 is 5.78. The normalized spacial score (nSPS) is 27.0. The average Bonchev–Trinajstić information content (AvgIpc) is 2.38. The van der Waals surface area contributed by atoms with Crippen molar-refractivity contribution in [2.24, 2.45) is 0 Å². The van der Waals surface area contributed by atoms with Crippen LogP contribution in [-0.4, -0.2) is 34.4 Å². The Morgan fingerprint density at radius 1 is 1.26 bits per heavy atom. The highest BCUT2D eigenvalue weighted by atomic mass is 35.5. The van der Waals surface area contributed by atoms with E-state index in [-0.39, 0.29) is 18.4 Å². The Morgan fingerprint density at radius 2 is 1.95 bits per heavy atom. The second kappa shape index (κ2) is 6.37. The maximum atomic E-state index is 11.9. The zero-order valence-electron chi connectivity index (χ0n) is 10.6. The van der Waals surface area contributed by atoms with Gasteiger partial charge in [-0.2, -0.15) is 0 Å². The maximum Gasteiger partial charge on any atom is 0.224 e. The summed E-state index contributed by atoms with van der Waals surface area (Å²) < 4.78 is 0. The Bertz CT molecular complexity index is 435. The molecule has 0 spiro atoms. The molecule has 0 radical (unpaired) electrons. The summed E-state index contributed by atoms with van der Waals surface area (Å²) in [6.07, 6.45) is 0.730. The van der Waals surface area contributed by atoms with E-state index in [1.165, 1.54) is 0 Å². The van der Waals surface area contributed by atoms with Crippen LogP contribution in [0.2, 0.25) is 5.02 Å². The summed E-state index contributed by atoms with van der Waals surface area (Å²) in [5.74, 6) is -0.152. The molecule has 0 bridgehead atoms. The topological polar surface area (TPSA) is 69.6 Å². The molecule has 0 heterocycles. The second-order valence-electron chi connectivity index (χ2n) is 4.97. The van der Waals surface area contributed by atoms with Gasteiger partial charge in [-0.25, -0.2) is 0 Å². The number of benzene rings is 1. The molecule has 2 rings (SSSR count). The Hall–Kier alpha value is -1.10. The monoisotopic (exact) mass is 283 g/mol. The molecule has 0 aliphatic heterocycles. The Morgan fingerprint density at radius 3 is 2.63 bits per heavy atom. The van der Waals surface area contributed by atoms with Gasteiger partial charge in [0.05, 0.1) is 24.7 Å². The van der Waals surface area contributed by atoms with Crippen molar-refractivity contribution in [1.82, 2.24) is 5.32 Å². The Balaban J connectivity index is 1.88. The first kappa shape index (κ1) is 14.3. The SMILES string of the molecule is O=C(Cc1ccc(Cl)cc1)N[C@@H]1CCC[C@@H](O)[C@@H]1O. The molecule has 0 aromatic heterocycles. The summed E-state index contributed by atoms with van der Waals surface area (Å²) in [4.78, 5) is 11.9. The molecule has 104 valence electrons. The van der Waals surface area contributed by atoms with Gasteiger partial charge in [-0.1, -0.05) is 23.7 Å². The fourth-order valence-corrected chi connectivity index (χ4v) is 2.49. The fraction of sp³-hybridized carbons (Fsp3) is 0.500. The first-order valence-corrected chi connectivity index (χ1v) is 6.84. The van der Waals surface area contributed by atoms with Crippen LogP contribution < -0.4 is 5.32 Å². The lowest BCUT2D eigenvalue weighted by molar-refractivity contribution is -0.123. The Labute approximate surface area is 117 Å². The summed E-state index contributed by atoms with van der Waals surface area (Å²) in [5, 5.41) is 22.8. The number of aliphatic hydroxyl groups is 2. The minimum Gasteiger partial charge on any atom is -0.390 e. The van der Waals surface area contributed by atoms with Crippen LogP contribution in [0.15, 0.2) is 24.3 Å². The van der Waals surface area contributed by atoms with Crippen molar-refractivity contribution in [1.29, 1.82) is 0 Å². The van der Waals surface area contributed by atoms with Gasteiger partial charge >= 0.3 is 0 Å². The number of halogens is 1. The van der Waals surface area contributed by atoms with Crippen LogP contribution >= 0.6 is 11.6 Å². The third-order valence-corrected chi connectivity index (χ3v) is 3.70. The maximum absolute atomic E-state index is 11.9. The van der Waals surface area contributed by atoms with E-state index < -0.39 is 12.2 Å². The molecule has 3 N–H and O–H groups in total. The molecule has 4 nitrogen and oxygen atoms in total. The number of carbonyl (C=O) groups excluding carboxylic acids is 1. The van der Waals surface area contributed by atoms with Gasteiger partial charge in [0, 0.05) is 5.02 Å². The van der Waals surface area contributed by atoms with Crippen LogP contribution in [0.4, 0.5) is 0 Å². The molecule has 1 saturated carbocycles. The smallest absolute Gasteiger partial charge is 0.224 e. The summed E-state index contributed by atoms with van der Waals surface area (Å²) in [7, 11) is 0. The molecular formula is C14H18ClNO3. The fourth-order valence-electron chi connectivity index (χ4n) is 2.36. The number of amides is 1. The van der Waals surface area contributed by atoms with Crippen LogP contribution in [0, 0.1) is 0 Å². The lowest BCUT2D eigenvalue weighted by Gasteiger charge is -2.32. The largest absolute Gasteiger partial charge is 0.390 e. The van der Waals surface area contributed by atoms with E-state index in [4.69, 9.17) is 11.6 Å². The third-order valence-electron chi connectivity index (χ3n) is 3.45. The van der Waals surface area contributed by atoms with Crippen LogP contribution in [0.25, 0.3) is 0 Å². The predicted molar refractivity (Wildman–Crippen MR) is 73.0 cm³/mol. The molecule has 1 aliphatic rings. The van der Waals surface area contributed by atoms with Crippen molar-refractivity contribution < 1.29 is 15.0 Å². The van der Waals surface area contributed by atoms with Crippen molar-refractivity contribution in [3.05, 3.63) is 34.9 Å². The van der Waals surface area contributed by atoms with Crippen LogP contribution in [0.1, 0.15) is 24.8 Å². The van der Waals surface area contributed by atoms with Crippen molar-refractivity contribution in [2.75, 3.05) is 0 Å². The number of hydrogen-bond acceptors (Lipinski definition) is 3. The predicted octanol–water partition coefficient (Wildman–Crippen LogP) is 1.27. The molecule has 5 heteroatoms. The van der Waals surface area contributed by atoms with Crippen LogP contribution in [-0.2, 0) is 11.2 Å². The molecule has 3 atom stereocenters. The van der Waals surface area contributed by atoms with Gasteiger partial charge in [-0.3, -0.25) is 4.79 Å². The van der Waals surface area contributed by atoms with Crippen molar-refractivity contribution in [2.45, 2.75) is 43.9 Å². The van der Waals surface area contributed by atoms with Gasteiger partial charge in [0.15, 0.2) is 0 Å². The van der Waals surface area contributed by atoms with E-state index in [1.54, 1.807) is 24.3 Å². The highest BCUT2D eigenvalue weighted by Gasteiger charge is 2.31. The van der Waals surface area contributed by atoms with Crippen LogP contribution in [0.5, 0.6) is 0 Å². The zero-order valence-corrected chi connectivity index (χ0v) is 11.3. The molecule has 0 saturated heterocycles. The van der Waals surface area contributed by atoms with Gasteiger partial charge in [0.2, 0.25) is 5.91 Å². The van der Waals surface area contributed by atoms with Gasteiger partial charge in [0.25, 0.3) is 0 Å². The molecule has 0 unspecified atom stereocenters. The lowest BCUT2D eigenvalue weighted by Crippen LogP contribution is -2.51.